The lowest BCUT2D eigenvalue weighted by atomic mass is 9.82. The molecule has 3 aliphatic heterocycles. The van der Waals surface area contributed by atoms with E-state index in [0.717, 1.165) is 24.3 Å². The van der Waals surface area contributed by atoms with E-state index in [1.807, 2.05) is 6.92 Å². The standard InChI is InChI=1S/C42H46N4O14/c1-7-20-16(2)24(46-39(20)52)12-23-18(4)22(8-9-30(50)60-37-28(49)14-29(40(53)54)59-38(37)41(55)56)34(44-23)32-33(42(57)58-6)36(51)31-19(5)25(45-35(31)32)13-26-21(10-11-47)17(3)27(15-48)43-26/h7,14-15,18,22,24,28,33,37-38,43,45,47,49H,1,8-13H2,2-6H3,(H,46,52)(H,53,54)(H,55,56)/t18-,22-,24+,28+,33+,37-,38-/m0/s1. The number of aromatic amines is 2. The van der Waals surface area contributed by atoms with E-state index in [9.17, 15) is 54.0 Å². The van der Waals surface area contributed by atoms with E-state index in [4.69, 9.17) is 19.2 Å². The molecule has 2 aromatic rings. The molecule has 7 N–H and O–H groups in total. The molecule has 0 radical (unpaired) electrons. The van der Waals surface area contributed by atoms with Crippen LogP contribution < -0.4 is 5.32 Å². The smallest absolute Gasteiger partial charge is 0.370 e. The molecule has 18 nitrogen and oxygen atoms in total. The lowest BCUT2D eigenvalue weighted by molar-refractivity contribution is -0.179. The van der Waals surface area contributed by atoms with Gasteiger partial charge in [-0.15, -0.1) is 0 Å². The van der Waals surface area contributed by atoms with Gasteiger partial charge in [0.2, 0.25) is 11.9 Å². The number of aliphatic carboxylic acids is 2. The molecule has 7 atom stereocenters. The Hall–Kier alpha value is -6.40. The van der Waals surface area contributed by atoms with Gasteiger partial charge in [-0.05, 0) is 62.0 Å². The summed E-state index contributed by atoms with van der Waals surface area (Å²) in [6.07, 6.45) is -2.42. The number of carbonyl (C=O) groups is 7. The number of nitrogens with one attached hydrogen (secondary N) is 3. The van der Waals surface area contributed by atoms with Crippen molar-refractivity contribution in [2.24, 2.45) is 22.7 Å². The molecule has 0 saturated heterocycles. The Morgan fingerprint density at radius 2 is 1.78 bits per heavy atom. The minimum Gasteiger partial charge on any atom is -0.478 e. The average molecular weight is 831 g/mol. The molecule has 0 unspecified atom stereocenters. The molecule has 0 spiro atoms. The summed E-state index contributed by atoms with van der Waals surface area (Å²) >= 11 is 0. The number of carboxylic acids is 2. The molecule has 60 heavy (non-hydrogen) atoms. The summed E-state index contributed by atoms with van der Waals surface area (Å²) in [7, 11) is 1.15. The van der Waals surface area contributed by atoms with Gasteiger partial charge in [-0.25, -0.2) is 9.59 Å². The number of aromatic nitrogens is 2. The van der Waals surface area contributed by atoms with Crippen LogP contribution in [0.25, 0.3) is 5.57 Å². The van der Waals surface area contributed by atoms with Crippen molar-refractivity contribution in [2.45, 2.75) is 84.2 Å². The number of allylic oxidation sites excluding steroid dienone is 1. The number of hydrogen-bond donors (Lipinski definition) is 7. The second kappa shape index (κ2) is 17.1. The summed E-state index contributed by atoms with van der Waals surface area (Å²) in [6, 6.07) is -0.462. The molecule has 0 aromatic carbocycles. The summed E-state index contributed by atoms with van der Waals surface area (Å²) in [5.74, 6) is -9.33. The summed E-state index contributed by atoms with van der Waals surface area (Å²) in [4.78, 5) is 101. The second-order valence-electron chi connectivity index (χ2n) is 15.2. The highest BCUT2D eigenvalue weighted by atomic mass is 16.6. The van der Waals surface area contributed by atoms with E-state index < -0.39 is 77.5 Å². The fraction of sp³-hybridized carbons (Fsp3) is 0.429. The van der Waals surface area contributed by atoms with E-state index in [2.05, 4.69) is 21.9 Å². The molecular weight excluding hydrogens is 784 g/mol. The Kier molecular flexibility index (Phi) is 12.3. The fourth-order valence-corrected chi connectivity index (χ4v) is 8.65. The molecule has 5 heterocycles. The first-order valence-electron chi connectivity index (χ1n) is 19.2. The SMILES string of the molecule is C=CC1=C(C)[C@@H](CC2=NC(=C3c4[nH]c(Cc5[nH]c(C=O)c(C)c5CCO)c(C)c4C(=O)[C@@H]3C(=O)OC)[C@@H](CCC(=O)O[C@H]3[C@H](O)C=C(C(=O)O)O[C@@H]3C(=O)O)[C@@H]2C)NC1=O. The number of ether oxygens (including phenoxy) is 3. The Morgan fingerprint density at radius 1 is 1.07 bits per heavy atom. The van der Waals surface area contributed by atoms with Crippen LogP contribution in [0.1, 0.15) is 87.7 Å². The predicted octanol–water partition coefficient (Wildman–Crippen LogP) is 2.20. The van der Waals surface area contributed by atoms with Gasteiger partial charge in [-0.3, -0.25) is 29.0 Å². The van der Waals surface area contributed by atoms with Gasteiger partial charge in [0.1, 0.15) is 12.0 Å². The van der Waals surface area contributed by atoms with Gasteiger partial charge >= 0.3 is 23.9 Å². The van der Waals surface area contributed by atoms with E-state index in [-0.39, 0.29) is 55.8 Å². The lowest BCUT2D eigenvalue weighted by Gasteiger charge is -2.31. The molecule has 0 saturated carbocycles. The quantitative estimate of drug-likeness (QED) is 0.0770. The first kappa shape index (κ1) is 43.2. The van der Waals surface area contributed by atoms with Crippen LogP contribution in [0.15, 0.2) is 46.3 Å². The number of aliphatic imine (C=N–C) groups is 1. The predicted molar refractivity (Wildman–Crippen MR) is 210 cm³/mol. The third kappa shape index (κ3) is 7.63. The van der Waals surface area contributed by atoms with E-state index >= 15 is 0 Å². The normalized spacial score (nSPS) is 25.9. The maximum Gasteiger partial charge on any atom is 0.370 e. The number of nitrogens with zero attached hydrogens (tertiary/aromatic N) is 1. The van der Waals surface area contributed by atoms with Gasteiger partial charge in [-0.2, -0.15) is 0 Å². The maximum absolute atomic E-state index is 14.3. The fourth-order valence-electron chi connectivity index (χ4n) is 8.65. The number of rotatable bonds is 15. The monoisotopic (exact) mass is 830 g/mol. The number of amides is 1. The van der Waals surface area contributed by atoms with Gasteiger partial charge in [0.15, 0.2) is 18.2 Å². The first-order chi connectivity index (χ1) is 28.5. The van der Waals surface area contributed by atoms with Crippen LogP contribution in [0, 0.1) is 31.6 Å². The summed E-state index contributed by atoms with van der Waals surface area (Å²) < 4.78 is 15.5. The average Bonchev–Trinajstić information content (AvgIpc) is 3.95. The topological polar surface area (TPSA) is 284 Å². The third-order valence-electron chi connectivity index (χ3n) is 11.9. The van der Waals surface area contributed by atoms with Crippen LogP contribution in [0.4, 0.5) is 0 Å². The first-order valence-corrected chi connectivity index (χ1v) is 19.2. The Bertz CT molecular complexity index is 2340. The van der Waals surface area contributed by atoms with Crippen LogP contribution in [0.2, 0.25) is 0 Å². The minimum atomic E-state index is -2.02. The zero-order valence-corrected chi connectivity index (χ0v) is 33.5. The molecule has 1 amide bonds. The molecule has 4 aliphatic rings. The Balaban J connectivity index is 1.42. The summed E-state index contributed by atoms with van der Waals surface area (Å²) in [5.41, 5.74) is 6.40. The van der Waals surface area contributed by atoms with Crippen molar-refractivity contribution in [3.05, 3.63) is 86.4 Å². The third-order valence-corrected chi connectivity index (χ3v) is 11.9. The maximum atomic E-state index is 14.3. The van der Waals surface area contributed by atoms with Crippen molar-refractivity contribution in [1.82, 2.24) is 15.3 Å². The van der Waals surface area contributed by atoms with Crippen LogP contribution >= 0.6 is 0 Å². The largest absolute Gasteiger partial charge is 0.478 e. The van der Waals surface area contributed by atoms with Gasteiger partial charge in [0, 0.05) is 71.5 Å². The number of aliphatic hydroxyl groups is 2. The summed E-state index contributed by atoms with van der Waals surface area (Å²) in [6.45, 7) is 10.7. The number of aldehydes is 1. The lowest BCUT2D eigenvalue weighted by Crippen LogP contribution is -2.49. The van der Waals surface area contributed by atoms with Gasteiger partial charge in [0.25, 0.3) is 5.91 Å². The van der Waals surface area contributed by atoms with Crippen molar-refractivity contribution in [3.8, 4) is 0 Å². The van der Waals surface area contributed by atoms with Crippen LogP contribution in [0.5, 0.6) is 0 Å². The van der Waals surface area contributed by atoms with E-state index in [0.29, 0.717) is 57.2 Å². The van der Waals surface area contributed by atoms with Gasteiger partial charge in [-0.1, -0.05) is 19.6 Å². The Labute approximate surface area is 343 Å². The number of esters is 2. The number of ketones is 1. The highest BCUT2D eigenvalue weighted by Crippen LogP contribution is 2.49. The highest BCUT2D eigenvalue weighted by Gasteiger charge is 2.49. The zero-order chi connectivity index (χ0) is 43.9. The number of carbonyl (C=O) groups excluding carboxylic acids is 5. The van der Waals surface area contributed by atoms with Crippen molar-refractivity contribution < 1.29 is 68.2 Å². The second-order valence-corrected chi connectivity index (χ2v) is 15.2. The molecule has 1 aliphatic carbocycles. The number of methoxy groups -OCH3 is 1. The molecule has 318 valence electrons. The van der Waals surface area contributed by atoms with Crippen molar-refractivity contribution in [1.29, 1.82) is 0 Å². The molecule has 0 fully saturated rings. The number of carboxylic acid groups (broad SMARTS) is 2. The van der Waals surface area contributed by atoms with Crippen molar-refractivity contribution in [3.63, 3.8) is 0 Å². The molecule has 18 heteroatoms. The van der Waals surface area contributed by atoms with Crippen LogP contribution in [-0.4, -0.2) is 116 Å². The van der Waals surface area contributed by atoms with Crippen molar-refractivity contribution >= 4 is 53.1 Å². The molecule has 0 bridgehead atoms. The molecule has 6 rings (SSSR count). The van der Waals surface area contributed by atoms with Crippen molar-refractivity contribution in [2.75, 3.05) is 13.7 Å². The van der Waals surface area contributed by atoms with Crippen LogP contribution in [0.3, 0.4) is 0 Å². The van der Waals surface area contributed by atoms with Crippen LogP contribution in [-0.2, 0) is 51.0 Å². The zero-order valence-electron chi connectivity index (χ0n) is 33.5. The Morgan fingerprint density at radius 3 is 2.38 bits per heavy atom. The number of Topliss-reactive ketones (excluding diaryl/α,β-unsaturated/α-hetero) is 1. The number of aliphatic hydroxyl groups excluding tert-OH is 2. The highest BCUT2D eigenvalue weighted by molar-refractivity contribution is 6.24. The molecule has 2 aromatic heterocycles. The summed E-state index contributed by atoms with van der Waals surface area (Å²) in [5, 5.41) is 42.3. The number of H-pyrrole nitrogens is 2. The van der Waals surface area contributed by atoms with E-state index in [1.165, 1.54) is 6.08 Å². The molecular formula is C42H46N4O14. The minimum absolute atomic E-state index is 0.0159. The number of fused-ring (bicyclic) bond motifs is 1. The van der Waals surface area contributed by atoms with E-state index in [1.54, 1.807) is 20.8 Å². The number of hydrogen-bond acceptors (Lipinski definition) is 13. The van der Waals surface area contributed by atoms with Gasteiger partial charge in [0.05, 0.1) is 30.2 Å². The van der Waals surface area contributed by atoms with Gasteiger partial charge < -0.3 is 49.9 Å².